The van der Waals surface area contributed by atoms with Crippen molar-refractivity contribution in [2.45, 2.75) is 32.5 Å². The first-order valence-corrected chi connectivity index (χ1v) is 8.82. The van der Waals surface area contributed by atoms with Gasteiger partial charge in [0.15, 0.2) is 0 Å². The van der Waals surface area contributed by atoms with Crippen LogP contribution in [0.4, 0.5) is 0 Å². The van der Waals surface area contributed by atoms with Crippen molar-refractivity contribution in [1.29, 1.82) is 0 Å². The van der Waals surface area contributed by atoms with E-state index in [-0.39, 0.29) is 0 Å². The molecule has 128 valence electrons. The van der Waals surface area contributed by atoms with E-state index in [1.54, 1.807) is 0 Å². The predicted octanol–water partition coefficient (Wildman–Crippen LogP) is 4.99. The van der Waals surface area contributed by atoms with Crippen molar-refractivity contribution in [1.82, 2.24) is 5.32 Å². The molecule has 0 aliphatic rings. The van der Waals surface area contributed by atoms with Crippen LogP contribution in [0.2, 0.25) is 0 Å². The molecule has 3 rings (SSSR count). The van der Waals surface area contributed by atoms with Gasteiger partial charge >= 0.3 is 0 Å². The molecule has 0 aromatic heterocycles. The minimum atomic E-state index is 0.427. The third-order valence-corrected chi connectivity index (χ3v) is 4.21. The predicted molar refractivity (Wildman–Crippen MR) is 104 cm³/mol. The molecular weight excluding hydrogens is 306 g/mol. The van der Waals surface area contributed by atoms with Crippen LogP contribution in [0.3, 0.4) is 0 Å². The SMILES string of the molecule is C[C@H](Cc1ccc(OCc2ccccc2)cc1)NCc1ccccc1. The van der Waals surface area contributed by atoms with Crippen molar-refractivity contribution >= 4 is 0 Å². The van der Waals surface area contributed by atoms with Gasteiger partial charge in [0.1, 0.15) is 12.4 Å². The van der Waals surface area contributed by atoms with E-state index in [1.165, 1.54) is 16.7 Å². The van der Waals surface area contributed by atoms with Gasteiger partial charge in [-0.2, -0.15) is 0 Å². The minimum absolute atomic E-state index is 0.427. The number of hydrogen-bond donors (Lipinski definition) is 1. The maximum Gasteiger partial charge on any atom is 0.119 e. The molecule has 2 heteroatoms. The first-order chi connectivity index (χ1) is 12.3. The summed E-state index contributed by atoms with van der Waals surface area (Å²) in [5.41, 5.74) is 3.82. The Morgan fingerprint density at radius 1 is 0.720 bits per heavy atom. The number of hydrogen-bond acceptors (Lipinski definition) is 2. The van der Waals surface area contributed by atoms with Crippen molar-refractivity contribution < 1.29 is 4.74 Å². The normalized spacial score (nSPS) is 11.9. The summed E-state index contributed by atoms with van der Waals surface area (Å²) in [5.74, 6) is 0.914. The van der Waals surface area contributed by atoms with Crippen LogP contribution in [0.15, 0.2) is 84.9 Å². The van der Waals surface area contributed by atoms with E-state index in [0.29, 0.717) is 12.6 Å². The molecular formula is C23H25NO. The van der Waals surface area contributed by atoms with Crippen LogP contribution in [0.1, 0.15) is 23.6 Å². The smallest absolute Gasteiger partial charge is 0.119 e. The van der Waals surface area contributed by atoms with E-state index in [2.05, 4.69) is 72.9 Å². The Kier molecular flexibility index (Phi) is 6.24. The zero-order valence-electron chi connectivity index (χ0n) is 14.7. The van der Waals surface area contributed by atoms with Crippen LogP contribution in [-0.2, 0) is 19.6 Å². The molecule has 1 N–H and O–H groups in total. The molecule has 0 unspecified atom stereocenters. The highest BCUT2D eigenvalue weighted by atomic mass is 16.5. The third-order valence-electron chi connectivity index (χ3n) is 4.21. The molecule has 3 aromatic rings. The lowest BCUT2D eigenvalue weighted by Gasteiger charge is -2.14. The summed E-state index contributed by atoms with van der Waals surface area (Å²) in [5, 5.41) is 3.58. The lowest BCUT2D eigenvalue weighted by molar-refractivity contribution is 0.306. The Hall–Kier alpha value is -2.58. The minimum Gasteiger partial charge on any atom is -0.489 e. The lowest BCUT2D eigenvalue weighted by Crippen LogP contribution is -2.27. The van der Waals surface area contributed by atoms with Crippen LogP contribution in [-0.4, -0.2) is 6.04 Å². The molecule has 25 heavy (non-hydrogen) atoms. The van der Waals surface area contributed by atoms with Gasteiger partial charge < -0.3 is 10.1 Å². The van der Waals surface area contributed by atoms with E-state index in [0.717, 1.165) is 18.7 Å². The number of benzene rings is 3. The number of rotatable bonds is 8. The monoisotopic (exact) mass is 331 g/mol. The second kappa shape index (κ2) is 9.05. The van der Waals surface area contributed by atoms with E-state index < -0.39 is 0 Å². The molecule has 0 heterocycles. The molecule has 0 aliphatic heterocycles. The Morgan fingerprint density at radius 3 is 1.96 bits per heavy atom. The van der Waals surface area contributed by atoms with Crippen LogP contribution >= 0.6 is 0 Å². The largest absolute Gasteiger partial charge is 0.489 e. The van der Waals surface area contributed by atoms with Gasteiger partial charge in [-0.15, -0.1) is 0 Å². The molecule has 0 fully saturated rings. The molecule has 0 spiro atoms. The Bertz CT molecular complexity index is 738. The molecule has 1 atom stereocenters. The fraction of sp³-hybridized carbons (Fsp3) is 0.217. The number of ether oxygens (including phenoxy) is 1. The van der Waals surface area contributed by atoms with E-state index in [9.17, 15) is 0 Å². The zero-order valence-corrected chi connectivity index (χ0v) is 14.7. The average molecular weight is 331 g/mol. The van der Waals surface area contributed by atoms with Crippen LogP contribution in [0.5, 0.6) is 5.75 Å². The maximum absolute atomic E-state index is 5.84. The Morgan fingerprint density at radius 2 is 1.32 bits per heavy atom. The topological polar surface area (TPSA) is 21.3 Å². The molecule has 3 aromatic carbocycles. The summed E-state index contributed by atoms with van der Waals surface area (Å²) in [6.07, 6.45) is 1.01. The summed E-state index contributed by atoms with van der Waals surface area (Å²) in [6.45, 7) is 3.73. The molecule has 0 bridgehead atoms. The molecule has 0 radical (unpaired) electrons. The van der Waals surface area contributed by atoms with Crippen molar-refractivity contribution in [3.05, 3.63) is 102 Å². The molecule has 0 saturated carbocycles. The van der Waals surface area contributed by atoms with Crippen molar-refractivity contribution in [2.75, 3.05) is 0 Å². The Labute approximate surface area is 150 Å². The van der Waals surface area contributed by atoms with Gasteiger partial charge in [-0.05, 0) is 42.2 Å². The fourth-order valence-electron chi connectivity index (χ4n) is 2.78. The lowest BCUT2D eigenvalue weighted by atomic mass is 10.1. The first-order valence-electron chi connectivity index (χ1n) is 8.82. The van der Waals surface area contributed by atoms with Crippen LogP contribution < -0.4 is 10.1 Å². The van der Waals surface area contributed by atoms with E-state index in [1.807, 2.05) is 24.3 Å². The van der Waals surface area contributed by atoms with Gasteiger partial charge in [-0.3, -0.25) is 0 Å². The molecule has 0 aliphatic carbocycles. The van der Waals surface area contributed by atoms with Crippen molar-refractivity contribution in [3.8, 4) is 5.75 Å². The van der Waals surface area contributed by atoms with Gasteiger partial charge in [0.2, 0.25) is 0 Å². The number of nitrogens with one attached hydrogen (secondary N) is 1. The standard InChI is InChI=1S/C23H25NO/c1-19(24-17-21-8-4-2-5-9-21)16-20-12-14-23(15-13-20)25-18-22-10-6-3-7-11-22/h2-15,19,24H,16-18H2,1H3/t19-/m1/s1. The fourth-order valence-corrected chi connectivity index (χ4v) is 2.78. The van der Waals surface area contributed by atoms with Gasteiger partial charge in [0, 0.05) is 12.6 Å². The second-order valence-corrected chi connectivity index (χ2v) is 6.39. The summed E-state index contributed by atoms with van der Waals surface area (Å²) in [4.78, 5) is 0. The summed E-state index contributed by atoms with van der Waals surface area (Å²) < 4.78 is 5.84. The first kappa shape index (κ1) is 17.2. The van der Waals surface area contributed by atoms with Crippen molar-refractivity contribution in [3.63, 3.8) is 0 Å². The summed E-state index contributed by atoms with van der Waals surface area (Å²) in [6, 6.07) is 29.6. The zero-order chi connectivity index (χ0) is 17.3. The van der Waals surface area contributed by atoms with Gasteiger partial charge in [-0.25, -0.2) is 0 Å². The molecule has 0 amide bonds. The van der Waals surface area contributed by atoms with Crippen LogP contribution in [0.25, 0.3) is 0 Å². The van der Waals surface area contributed by atoms with E-state index >= 15 is 0 Å². The highest BCUT2D eigenvalue weighted by Crippen LogP contribution is 2.15. The molecule has 0 saturated heterocycles. The van der Waals surface area contributed by atoms with Crippen molar-refractivity contribution in [2.24, 2.45) is 0 Å². The van der Waals surface area contributed by atoms with Crippen LogP contribution in [0, 0.1) is 0 Å². The van der Waals surface area contributed by atoms with Gasteiger partial charge in [-0.1, -0.05) is 72.8 Å². The average Bonchev–Trinajstić information content (AvgIpc) is 2.67. The van der Waals surface area contributed by atoms with E-state index in [4.69, 9.17) is 4.74 Å². The summed E-state index contributed by atoms with van der Waals surface area (Å²) >= 11 is 0. The second-order valence-electron chi connectivity index (χ2n) is 6.39. The van der Waals surface area contributed by atoms with Gasteiger partial charge in [0.25, 0.3) is 0 Å². The highest BCUT2D eigenvalue weighted by Gasteiger charge is 2.04. The quantitative estimate of drug-likeness (QED) is 0.628. The van der Waals surface area contributed by atoms with Gasteiger partial charge in [0.05, 0.1) is 0 Å². The summed E-state index contributed by atoms with van der Waals surface area (Å²) in [7, 11) is 0. The maximum atomic E-state index is 5.84. The molecule has 2 nitrogen and oxygen atoms in total. The highest BCUT2D eigenvalue weighted by molar-refractivity contribution is 5.28. The Balaban J connectivity index is 1.45. The third kappa shape index (κ3) is 5.77.